The molecule has 0 aromatic heterocycles. The summed E-state index contributed by atoms with van der Waals surface area (Å²) in [5.74, 6) is 1.10. The number of hydrogen-bond acceptors (Lipinski definition) is 3. The number of benzene rings is 1. The van der Waals surface area contributed by atoms with Crippen LogP contribution in [0.15, 0.2) is 29.2 Å². The van der Waals surface area contributed by atoms with Crippen LogP contribution in [-0.4, -0.2) is 18.1 Å². The van der Waals surface area contributed by atoms with Gasteiger partial charge in [0.05, 0.1) is 7.11 Å². The summed E-state index contributed by atoms with van der Waals surface area (Å²) in [5, 5.41) is 0.291. The van der Waals surface area contributed by atoms with Gasteiger partial charge in [-0.2, -0.15) is 0 Å². The van der Waals surface area contributed by atoms with Crippen molar-refractivity contribution in [2.75, 3.05) is 7.11 Å². The summed E-state index contributed by atoms with van der Waals surface area (Å²) in [7, 11) is 1.66. The molecule has 0 saturated heterocycles. The number of rotatable bonds is 5. The summed E-state index contributed by atoms with van der Waals surface area (Å²) in [4.78, 5) is 12.0. The van der Waals surface area contributed by atoms with Crippen molar-refractivity contribution < 1.29 is 9.53 Å². The van der Waals surface area contributed by atoms with Gasteiger partial charge < -0.3 is 4.74 Å². The maximum atomic E-state index is 11.0. The molecule has 82 valence electrons. The summed E-state index contributed by atoms with van der Waals surface area (Å²) < 4.78 is 5.25. The van der Waals surface area contributed by atoms with Gasteiger partial charge in [-0.05, 0) is 19.1 Å². The quantitative estimate of drug-likeness (QED) is 0.719. The molecule has 0 radical (unpaired) electrons. The van der Waals surface area contributed by atoms with E-state index in [9.17, 15) is 4.79 Å². The third-order valence-electron chi connectivity index (χ3n) is 1.97. The molecule has 1 unspecified atom stereocenters. The SMILES string of the molecule is COc1ccccc1SC(C)CC(C)=O. The van der Waals surface area contributed by atoms with Gasteiger partial charge in [0.25, 0.3) is 0 Å². The number of hydrogen-bond donors (Lipinski definition) is 0. The molecule has 1 aromatic rings. The van der Waals surface area contributed by atoms with E-state index in [1.807, 2.05) is 24.3 Å². The Labute approximate surface area is 95.0 Å². The lowest BCUT2D eigenvalue weighted by molar-refractivity contribution is -0.116. The highest BCUT2D eigenvalue weighted by molar-refractivity contribution is 8.00. The number of carbonyl (C=O) groups is 1. The minimum Gasteiger partial charge on any atom is -0.496 e. The molecule has 0 aliphatic rings. The van der Waals surface area contributed by atoms with Crippen LogP contribution >= 0.6 is 11.8 Å². The first-order valence-electron chi connectivity index (χ1n) is 4.92. The first-order valence-corrected chi connectivity index (χ1v) is 5.80. The van der Waals surface area contributed by atoms with Gasteiger partial charge in [-0.15, -0.1) is 11.8 Å². The topological polar surface area (TPSA) is 26.3 Å². The van der Waals surface area contributed by atoms with E-state index in [0.717, 1.165) is 10.6 Å². The number of thioether (sulfide) groups is 1. The molecule has 0 bridgehead atoms. The van der Waals surface area contributed by atoms with Crippen molar-refractivity contribution in [2.45, 2.75) is 30.4 Å². The van der Waals surface area contributed by atoms with E-state index >= 15 is 0 Å². The van der Waals surface area contributed by atoms with E-state index in [1.54, 1.807) is 25.8 Å². The lowest BCUT2D eigenvalue weighted by Gasteiger charge is -2.12. The summed E-state index contributed by atoms with van der Waals surface area (Å²) in [6, 6.07) is 7.87. The van der Waals surface area contributed by atoms with Gasteiger partial charge >= 0.3 is 0 Å². The Kier molecular flexibility index (Phi) is 4.69. The fraction of sp³-hybridized carbons (Fsp3) is 0.417. The van der Waals surface area contributed by atoms with E-state index in [2.05, 4.69) is 6.92 Å². The zero-order chi connectivity index (χ0) is 11.3. The predicted molar refractivity (Wildman–Crippen MR) is 63.6 cm³/mol. The second-order valence-electron chi connectivity index (χ2n) is 3.49. The highest BCUT2D eigenvalue weighted by Gasteiger charge is 2.10. The van der Waals surface area contributed by atoms with Gasteiger partial charge in [0.1, 0.15) is 11.5 Å². The van der Waals surface area contributed by atoms with Crippen LogP contribution in [0.5, 0.6) is 5.75 Å². The Bertz CT molecular complexity index is 336. The highest BCUT2D eigenvalue weighted by Crippen LogP contribution is 2.32. The minimum atomic E-state index is 0.227. The summed E-state index contributed by atoms with van der Waals surface area (Å²) in [5.41, 5.74) is 0. The van der Waals surface area contributed by atoms with Crippen molar-refractivity contribution in [1.29, 1.82) is 0 Å². The number of Topliss-reactive ketones (excluding diaryl/α,β-unsaturated/α-hetero) is 1. The first kappa shape index (κ1) is 12.1. The third-order valence-corrected chi connectivity index (χ3v) is 3.13. The molecule has 15 heavy (non-hydrogen) atoms. The standard InChI is InChI=1S/C12H16O2S/c1-9(13)8-10(2)15-12-7-5-4-6-11(12)14-3/h4-7,10H,8H2,1-3H3. The monoisotopic (exact) mass is 224 g/mol. The molecule has 1 atom stereocenters. The third kappa shape index (κ3) is 3.96. The van der Waals surface area contributed by atoms with E-state index in [-0.39, 0.29) is 5.78 Å². The molecule has 3 heteroatoms. The summed E-state index contributed by atoms with van der Waals surface area (Å²) >= 11 is 1.68. The second kappa shape index (κ2) is 5.81. The van der Waals surface area contributed by atoms with Crippen LogP contribution in [-0.2, 0) is 4.79 Å². The summed E-state index contributed by atoms with van der Waals surface area (Å²) in [6.45, 7) is 3.68. The van der Waals surface area contributed by atoms with E-state index in [0.29, 0.717) is 11.7 Å². The van der Waals surface area contributed by atoms with Gasteiger partial charge in [0.2, 0.25) is 0 Å². The van der Waals surface area contributed by atoms with Crippen LogP contribution < -0.4 is 4.74 Å². The molecule has 0 N–H and O–H groups in total. The minimum absolute atomic E-state index is 0.227. The molecule has 0 amide bonds. The summed E-state index contributed by atoms with van der Waals surface area (Å²) in [6.07, 6.45) is 0.600. The van der Waals surface area contributed by atoms with Crippen molar-refractivity contribution >= 4 is 17.5 Å². The molecule has 1 rings (SSSR count). The molecular formula is C12H16O2S. The van der Waals surface area contributed by atoms with Crippen LogP contribution in [0, 0.1) is 0 Å². The molecule has 0 aliphatic carbocycles. The number of carbonyl (C=O) groups excluding carboxylic acids is 1. The van der Waals surface area contributed by atoms with Gasteiger partial charge in [-0.1, -0.05) is 19.1 Å². The Balaban J connectivity index is 2.67. The molecule has 0 aliphatic heterocycles. The van der Waals surface area contributed by atoms with Gasteiger partial charge in [-0.3, -0.25) is 4.79 Å². The number of methoxy groups -OCH3 is 1. The molecule has 0 fully saturated rings. The Hall–Kier alpha value is -0.960. The molecule has 0 saturated carbocycles. The van der Waals surface area contributed by atoms with Crippen molar-refractivity contribution in [1.82, 2.24) is 0 Å². The Morgan fingerprint density at radius 3 is 2.73 bits per heavy atom. The molecule has 2 nitrogen and oxygen atoms in total. The highest BCUT2D eigenvalue weighted by atomic mass is 32.2. The fourth-order valence-electron chi connectivity index (χ4n) is 1.38. The lowest BCUT2D eigenvalue weighted by Crippen LogP contribution is -2.03. The van der Waals surface area contributed by atoms with Crippen LogP contribution in [0.25, 0.3) is 0 Å². The normalized spacial score (nSPS) is 12.2. The zero-order valence-electron chi connectivity index (χ0n) is 9.32. The van der Waals surface area contributed by atoms with E-state index < -0.39 is 0 Å². The number of para-hydroxylation sites is 1. The van der Waals surface area contributed by atoms with Crippen LogP contribution in [0.4, 0.5) is 0 Å². The van der Waals surface area contributed by atoms with Crippen molar-refractivity contribution in [3.05, 3.63) is 24.3 Å². The fourth-order valence-corrected chi connectivity index (χ4v) is 2.56. The maximum Gasteiger partial charge on any atom is 0.132 e. The largest absolute Gasteiger partial charge is 0.496 e. The van der Waals surface area contributed by atoms with Crippen LogP contribution in [0.1, 0.15) is 20.3 Å². The lowest BCUT2D eigenvalue weighted by atomic mass is 10.2. The van der Waals surface area contributed by atoms with Crippen molar-refractivity contribution in [3.63, 3.8) is 0 Å². The average Bonchev–Trinajstić information content (AvgIpc) is 2.17. The second-order valence-corrected chi connectivity index (χ2v) is 4.97. The van der Waals surface area contributed by atoms with E-state index in [4.69, 9.17) is 4.74 Å². The van der Waals surface area contributed by atoms with E-state index in [1.165, 1.54) is 0 Å². The maximum absolute atomic E-state index is 11.0. The smallest absolute Gasteiger partial charge is 0.132 e. The zero-order valence-corrected chi connectivity index (χ0v) is 10.1. The van der Waals surface area contributed by atoms with Crippen LogP contribution in [0.2, 0.25) is 0 Å². The number of ether oxygens (including phenoxy) is 1. The van der Waals surface area contributed by atoms with Crippen molar-refractivity contribution in [2.24, 2.45) is 0 Å². The molecular weight excluding hydrogens is 208 g/mol. The molecule has 1 aromatic carbocycles. The van der Waals surface area contributed by atoms with Crippen molar-refractivity contribution in [3.8, 4) is 5.75 Å². The Morgan fingerprint density at radius 2 is 2.13 bits per heavy atom. The van der Waals surface area contributed by atoms with Gasteiger partial charge in [-0.25, -0.2) is 0 Å². The number of ketones is 1. The van der Waals surface area contributed by atoms with Gasteiger partial charge in [0.15, 0.2) is 0 Å². The molecule has 0 spiro atoms. The molecule has 0 heterocycles. The van der Waals surface area contributed by atoms with Gasteiger partial charge in [0, 0.05) is 16.6 Å². The predicted octanol–water partition coefficient (Wildman–Crippen LogP) is 3.15. The van der Waals surface area contributed by atoms with Crippen LogP contribution in [0.3, 0.4) is 0 Å². The first-order chi connectivity index (χ1) is 7.13. The Morgan fingerprint density at radius 1 is 1.47 bits per heavy atom. The average molecular weight is 224 g/mol.